The molecule has 2 aromatic rings. The summed E-state index contributed by atoms with van der Waals surface area (Å²) in [5.74, 6) is 1.40. The molecule has 0 aliphatic carbocycles. The Kier molecular flexibility index (Phi) is 3.96. The molecule has 1 aliphatic rings. The summed E-state index contributed by atoms with van der Waals surface area (Å²) in [5, 5.41) is 6.68. The molecule has 1 atom stereocenters. The van der Waals surface area contributed by atoms with Crippen molar-refractivity contribution >= 4 is 5.91 Å². The predicted molar refractivity (Wildman–Crippen MR) is 75.7 cm³/mol. The van der Waals surface area contributed by atoms with Crippen LogP contribution in [0.15, 0.2) is 28.8 Å². The number of amides is 1. The summed E-state index contributed by atoms with van der Waals surface area (Å²) < 4.78 is 10.4. The van der Waals surface area contributed by atoms with Crippen LogP contribution in [0, 0.1) is 12.8 Å². The minimum atomic E-state index is -0.0739. The fraction of sp³-hybridized carbons (Fsp3) is 0.400. The first-order chi connectivity index (χ1) is 10.2. The van der Waals surface area contributed by atoms with Gasteiger partial charge >= 0.3 is 0 Å². The quantitative estimate of drug-likeness (QED) is 0.928. The van der Waals surface area contributed by atoms with Crippen molar-refractivity contribution in [2.24, 2.45) is 5.92 Å². The van der Waals surface area contributed by atoms with E-state index in [1.54, 1.807) is 31.2 Å². The van der Waals surface area contributed by atoms with Crippen molar-refractivity contribution in [3.8, 4) is 11.5 Å². The molecule has 1 aromatic heterocycles. The molecule has 21 heavy (non-hydrogen) atoms. The van der Waals surface area contributed by atoms with Gasteiger partial charge in [0.1, 0.15) is 0 Å². The average Bonchev–Trinajstić information content (AvgIpc) is 3.16. The molecular formula is C15H17N3O3. The van der Waals surface area contributed by atoms with Crippen LogP contribution >= 0.6 is 0 Å². The molecule has 6 nitrogen and oxygen atoms in total. The van der Waals surface area contributed by atoms with Crippen LogP contribution in [0.3, 0.4) is 0 Å². The summed E-state index contributed by atoms with van der Waals surface area (Å²) in [4.78, 5) is 16.2. The van der Waals surface area contributed by atoms with Crippen LogP contribution in [0.1, 0.15) is 22.6 Å². The summed E-state index contributed by atoms with van der Waals surface area (Å²) in [6, 6.07) is 7.13. The number of hydrogen-bond donors (Lipinski definition) is 1. The first-order valence-corrected chi connectivity index (χ1v) is 6.99. The highest BCUT2D eigenvalue weighted by Gasteiger charge is 2.17. The normalized spacial score (nSPS) is 17.9. The Labute approximate surface area is 122 Å². The second-order valence-corrected chi connectivity index (χ2v) is 5.16. The summed E-state index contributed by atoms with van der Waals surface area (Å²) >= 11 is 0. The highest BCUT2D eigenvalue weighted by Crippen LogP contribution is 2.17. The topological polar surface area (TPSA) is 77.2 Å². The van der Waals surface area contributed by atoms with E-state index < -0.39 is 0 Å². The van der Waals surface area contributed by atoms with Crippen LogP contribution in [0.5, 0.6) is 0 Å². The van der Waals surface area contributed by atoms with E-state index in [-0.39, 0.29) is 5.91 Å². The van der Waals surface area contributed by atoms with Crippen molar-refractivity contribution < 1.29 is 14.1 Å². The maximum absolute atomic E-state index is 12.0. The van der Waals surface area contributed by atoms with Gasteiger partial charge in [-0.15, -0.1) is 0 Å². The summed E-state index contributed by atoms with van der Waals surface area (Å²) in [6.07, 6.45) is 1.01. The Bertz CT molecular complexity index is 615. The van der Waals surface area contributed by atoms with Crippen molar-refractivity contribution in [2.45, 2.75) is 13.3 Å². The number of aromatic nitrogens is 2. The fourth-order valence-corrected chi connectivity index (χ4v) is 2.26. The number of nitrogens with zero attached hydrogens (tertiary/aromatic N) is 2. The van der Waals surface area contributed by atoms with Crippen LogP contribution in [0.2, 0.25) is 0 Å². The third-order valence-electron chi connectivity index (χ3n) is 3.50. The van der Waals surface area contributed by atoms with Gasteiger partial charge in [-0.05, 0) is 37.6 Å². The minimum absolute atomic E-state index is 0.0739. The van der Waals surface area contributed by atoms with Crippen LogP contribution in [0.4, 0.5) is 0 Å². The van der Waals surface area contributed by atoms with Gasteiger partial charge in [-0.1, -0.05) is 5.16 Å². The standard InChI is InChI=1S/C15H17N3O3/c1-10-17-15(21-18-10)13-4-2-12(3-5-13)14(19)16-8-11-6-7-20-9-11/h2-5,11H,6-9H2,1H3,(H,16,19). The zero-order valence-electron chi connectivity index (χ0n) is 11.8. The van der Waals surface area contributed by atoms with Crippen LogP contribution in [0.25, 0.3) is 11.5 Å². The molecule has 0 radical (unpaired) electrons. The van der Waals surface area contributed by atoms with E-state index >= 15 is 0 Å². The highest BCUT2D eigenvalue weighted by molar-refractivity contribution is 5.94. The number of benzene rings is 1. The monoisotopic (exact) mass is 287 g/mol. The molecule has 6 heteroatoms. The third kappa shape index (κ3) is 3.28. The molecule has 1 aliphatic heterocycles. The summed E-state index contributed by atoms with van der Waals surface area (Å²) in [6.45, 7) is 3.94. The molecule has 1 amide bonds. The van der Waals surface area contributed by atoms with Crippen molar-refractivity contribution in [2.75, 3.05) is 19.8 Å². The smallest absolute Gasteiger partial charge is 0.257 e. The molecule has 1 fully saturated rings. The number of nitrogens with one attached hydrogen (secondary N) is 1. The fourth-order valence-electron chi connectivity index (χ4n) is 2.26. The van der Waals surface area contributed by atoms with Gasteiger partial charge in [-0.3, -0.25) is 4.79 Å². The third-order valence-corrected chi connectivity index (χ3v) is 3.50. The first kappa shape index (κ1) is 13.8. The van der Waals surface area contributed by atoms with Gasteiger partial charge in [0.25, 0.3) is 11.8 Å². The van der Waals surface area contributed by atoms with Gasteiger partial charge in [0.15, 0.2) is 5.82 Å². The zero-order valence-corrected chi connectivity index (χ0v) is 11.8. The molecule has 3 rings (SSSR count). The Hall–Kier alpha value is -2.21. The average molecular weight is 287 g/mol. The Morgan fingerprint density at radius 1 is 1.38 bits per heavy atom. The highest BCUT2D eigenvalue weighted by atomic mass is 16.5. The van der Waals surface area contributed by atoms with Gasteiger partial charge < -0.3 is 14.6 Å². The largest absolute Gasteiger partial charge is 0.381 e. The molecule has 1 saturated heterocycles. The van der Waals surface area contributed by atoms with Crippen molar-refractivity contribution in [3.63, 3.8) is 0 Å². The lowest BCUT2D eigenvalue weighted by molar-refractivity contribution is 0.0945. The minimum Gasteiger partial charge on any atom is -0.381 e. The van der Waals surface area contributed by atoms with Gasteiger partial charge in [-0.2, -0.15) is 4.98 Å². The lowest BCUT2D eigenvalue weighted by atomic mass is 10.1. The lowest BCUT2D eigenvalue weighted by Gasteiger charge is -2.09. The summed E-state index contributed by atoms with van der Waals surface area (Å²) in [7, 11) is 0. The van der Waals surface area contributed by atoms with E-state index in [0.29, 0.717) is 29.7 Å². The number of rotatable bonds is 4. The number of carbonyl (C=O) groups is 1. The first-order valence-electron chi connectivity index (χ1n) is 6.99. The number of hydrogen-bond acceptors (Lipinski definition) is 5. The van der Waals surface area contributed by atoms with E-state index in [2.05, 4.69) is 15.5 Å². The number of aryl methyl sites for hydroxylation is 1. The SMILES string of the molecule is Cc1noc(-c2ccc(C(=O)NCC3CCOC3)cc2)n1. The van der Waals surface area contributed by atoms with Crippen molar-refractivity contribution in [3.05, 3.63) is 35.7 Å². The number of carbonyl (C=O) groups excluding carboxylic acids is 1. The van der Waals surface area contributed by atoms with Gasteiger partial charge in [0.2, 0.25) is 0 Å². The molecule has 0 saturated carbocycles. The molecule has 0 spiro atoms. The van der Waals surface area contributed by atoms with Crippen molar-refractivity contribution in [1.82, 2.24) is 15.5 Å². The van der Waals surface area contributed by atoms with E-state index in [0.717, 1.165) is 25.2 Å². The molecular weight excluding hydrogens is 270 g/mol. The van der Waals surface area contributed by atoms with Gasteiger partial charge in [-0.25, -0.2) is 0 Å². The van der Waals surface area contributed by atoms with Gasteiger partial charge in [0.05, 0.1) is 6.61 Å². The molecule has 2 heterocycles. The Morgan fingerprint density at radius 3 is 2.81 bits per heavy atom. The van der Waals surface area contributed by atoms with Crippen LogP contribution in [-0.4, -0.2) is 35.8 Å². The van der Waals surface area contributed by atoms with E-state index in [1.165, 1.54) is 0 Å². The van der Waals surface area contributed by atoms with Crippen LogP contribution < -0.4 is 5.32 Å². The van der Waals surface area contributed by atoms with Crippen LogP contribution in [-0.2, 0) is 4.74 Å². The van der Waals surface area contributed by atoms with E-state index in [4.69, 9.17) is 9.26 Å². The molecule has 0 bridgehead atoms. The number of ether oxygens (including phenoxy) is 1. The molecule has 1 aromatic carbocycles. The summed E-state index contributed by atoms with van der Waals surface area (Å²) in [5.41, 5.74) is 1.42. The molecule has 110 valence electrons. The Morgan fingerprint density at radius 2 is 2.19 bits per heavy atom. The predicted octanol–water partition coefficient (Wildman–Crippen LogP) is 1.81. The van der Waals surface area contributed by atoms with E-state index in [9.17, 15) is 4.79 Å². The molecule has 1 N–H and O–H groups in total. The van der Waals surface area contributed by atoms with Gasteiger partial charge in [0, 0.05) is 30.2 Å². The second kappa shape index (κ2) is 6.05. The maximum atomic E-state index is 12.0. The van der Waals surface area contributed by atoms with E-state index in [1.807, 2.05) is 0 Å². The second-order valence-electron chi connectivity index (χ2n) is 5.16. The zero-order chi connectivity index (χ0) is 14.7. The lowest BCUT2D eigenvalue weighted by Crippen LogP contribution is -2.29. The van der Waals surface area contributed by atoms with Crippen molar-refractivity contribution in [1.29, 1.82) is 0 Å². The molecule has 1 unspecified atom stereocenters. The Balaban J connectivity index is 1.61. The maximum Gasteiger partial charge on any atom is 0.257 e.